The SMILES string of the molecule is COc1ccc(/C(N)=N/OCc2coc(-c3cccc(Cl)c3)n2)cc1. The standard InChI is InChI=1S/C18H16ClN3O3/c1-23-16-7-5-12(6-8-16)17(20)22-25-11-15-10-24-18(21-15)13-3-2-4-14(19)9-13/h2-10H,11H2,1H3,(H2,20,22). The van der Waals surface area contributed by atoms with Gasteiger partial charge >= 0.3 is 0 Å². The lowest BCUT2D eigenvalue weighted by atomic mass is 10.2. The van der Waals surface area contributed by atoms with Gasteiger partial charge in [-0.05, 0) is 42.5 Å². The summed E-state index contributed by atoms with van der Waals surface area (Å²) in [5.41, 5.74) is 8.02. The number of rotatable bonds is 6. The van der Waals surface area contributed by atoms with Crippen molar-refractivity contribution in [1.82, 2.24) is 4.98 Å². The number of oxime groups is 1. The van der Waals surface area contributed by atoms with Crippen LogP contribution in [0.15, 0.2) is 64.4 Å². The molecule has 0 saturated heterocycles. The highest BCUT2D eigenvalue weighted by Crippen LogP contribution is 2.22. The number of halogens is 1. The van der Waals surface area contributed by atoms with Crippen LogP contribution >= 0.6 is 11.6 Å². The molecule has 0 saturated carbocycles. The highest BCUT2D eigenvalue weighted by atomic mass is 35.5. The van der Waals surface area contributed by atoms with Gasteiger partial charge in [0.05, 0.1) is 7.11 Å². The van der Waals surface area contributed by atoms with Gasteiger partial charge in [0.1, 0.15) is 17.7 Å². The fraction of sp³-hybridized carbons (Fsp3) is 0.111. The minimum atomic E-state index is 0.140. The zero-order valence-corrected chi connectivity index (χ0v) is 14.2. The molecule has 2 N–H and O–H groups in total. The van der Waals surface area contributed by atoms with Crippen LogP contribution in [-0.2, 0) is 11.4 Å². The minimum Gasteiger partial charge on any atom is -0.497 e. The summed E-state index contributed by atoms with van der Waals surface area (Å²) in [7, 11) is 1.60. The highest BCUT2D eigenvalue weighted by molar-refractivity contribution is 6.30. The largest absolute Gasteiger partial charge is 0.497 e. The average Bonchev–Trinajstić information content (AvgIpc) is 3.11. The molecule has 0 fully saturated rings. The van der Waals surface area contributed by atoms with Crippen LogP contribution in [0.1, 0.15) is 11.3 Å². The van der Waals surface area contributed by atoms with E-state index in [-0.39, 0.29) is 12.4 Å². The maximum Gasteiger partial charge on any atom is 0.226 e. The Morgan fingerprint density at radius 3 is 2.76 bits per heavy atom. The number of amidine groups is 1. The normalized spacial score (nSPS) is 11.4. The third kappa shape index (κ3) is 4.30. The topological polar surface area (TPSA) is 82.9 Å². The summed E-state index contributed by atoms with van der Waals surface area (Å²) in [6, 6.07) is 14.5. The predicted molar refractivity (Wildman–Crippen MR) is 95.5 cm³/mol. The van der Waals surface area contributed by atoms with Crippen molar-refractivity contribution in [1.29, 1.82) is 0 Å². The number of nitrogens with two attached hydrogens (primary N) is 1. The smallest absolute Gasteiger partial charge is 0.226 e. The van der Waals surface area contributed by atoms with Gasteiger partial charge in [0, 0.05) is 16.1 Å². The van der Waals surface area contributed by atoms with Crippen molar-refractivity contribution in [2.75, 3.05) is 7.11 Å². The van der Waals surface area contributed by atoms with Crippen LogP contribution in [0, 0.1) is 0 Å². The molecule has 1 aromatic heterocycles. The molecular weight excluding hydrogens is 342 g/mol. The first-order valence-electron chi connectivity index (χ1n) is 7.46. The lowest BCUT2D eigenvalue weighted by Crippen LogP contribution is -2.13. The Morgan fingerprint density at radius 1 is 1.24 bits per heavy atom. The number of oxazole rings is 1. The Balaban J connectivity index is 1.61. The van der Waals surface area contributed by atoms with Crippen molar-refractivity contribution < 1.29 is 14.0 Å². The Labute approximate surface area is 149 Å². The highest BCUT2D eigenvalue weighted by Gasteiger charge is 2.08. The zero-order chi connectivity index (χ0) is 17.6. The van der Waals surface area contributed by atoms with E-state index >= 15 is 0 Å². The van der Waals surface area contributed by atoms with Gasteiger partial charge in [-0.15, -0.1) is 0 Å². The molecule has 6 nitrogen and oxygen atoms in total. The van der Waals surface area contributed by atoms with E-state index in [1.54, 1.807) is 43.5 Å². The van der Waals surface area contributed by atoms with Crippen LogP contribution in [0.2, 0.25) is 5.02 Å². The van der Waals surface area contributed by atoms with Crippen LogP contribution in [0.25, 0.3) is 11.5 Å². The van der Waals surface area contributed by atoms with Crippen LogP contribution in [-0.4, -0.2) is 17.9 Å². The Hall–Kier alpha value is -2.99. The monoisotopic (exact) mass is 357 g/mol. The third-order valence-electron chi connectivity index (χ3n) is 3.38. The summed E-state index contributed by atoms with van der Waals surface area (Å²) in [6.07, 6.45) is 1.51. The zero-order valence-electron chi connectivity index (χ0n) is 13.5. The van der Waals surface area contributed by atoms with Gasteiger partial charge in [-0.25, -0.2) is 4.98 Å². The number of methoxy groups -OCH3 is 1. The fourth-order valence-corrected chi connectivity index (χ4v) is 2.30. The maximum atomic E-state index is 5.96. The maximum absolute atomic E-state index is 5.96. The number of hydrogen-bond acceptors (Lipinski definition) is 5. The molecule has 128 valence electrons. The van der Waals surface area contributed by atoms with Gasteiger partial charge in [-0.3, -0.25) is 0 Å². The van der Waals surface area contributed by atoms with Crippen LogP contribution in [0.5, 0.6) is 5.75 Å². The predicted octanol–water partition coefficient (Wildman–Crippen LogP) is 3.84. The molecule has 25 heavy (non-hydrogen) atoms. The van der Waals surface area contributed by atoms with Gasteiger partial charge in [-0.1, -0.05) is 22.8 Å². The van der Waals surface area contributed by atoms with Gasteiger partial charge < -0.3 is 19.7 Å². The van der Waals surface area contributed by atoms with Crippen molar-refractivity contribution in [2.24, 2.45) is 10.9 Å². The van der Waals surface area contributed by atoms with Crippen LogP contribution in [0.3, 0.4) is 0 Å². The van der Waals surface area contributed by atoms with Gasteiger partial charge in [0.15, 0.2) is 12.4 Å². The third-order valence-corrected chi connectivity index (χ3v) is 3.62. The first kappa shape index (κ1) is 16.9. The first-order valence-corrected chi connectivity index (χ1v) is 7.83. The van der Waals surface area contributed by atoms with Gasteiger partial charge in [0.2, 0.25) is 5.89 Å². The lowest BCUT2D eigenvalue weighted by Gasteiger charge is -2.03. The molecular formula is C18H16ClN3O3. The summed E-state index contributed by atoms with van der Waals surface area (Å²) in [4.78, 5) is 9.59. The minimum absolute atomic E-state index is 0.140. The van der Waals surface area contributed by atoms with E-state index in [1.807, 2.05) is 12.1 Å². The molecule has 0 amide bonds. The molecule has 0 spiro atoms. The summed E-state index contributed by atoms with van der Waals surface area (Å²) in [5.74, 6) is 1.48. The van der Waals surface area contributed by atoms with Gasteiger partial charge in [-0.2, -0.15) is 0 Å². The molecule has 0 atom stereocenters. The van der Waals surface area contributed by atoms with E-state index in [9.17, 15) is 0 Å². The second-order valence-electron chi connectivity index (χ2n) is 5.13. The summed E-state index contributed by atoms with van der Waals surface area (Å²) in [5, 5.41) is 4.51. The molecule has 3 rings (SSSR count). The number of hydrogen-bond donors (Lipinski definition) is 1. The molecule has 0 aliphatic rings. The lowest BCUT2D eigenvalue weighted by molar-refractivity contribution is 0.127. The van der Waals surface area contributed by atoms with E-state index in [1.165, 1.54) is 6.26 Å². The number of aromatic nitrogens is 1. The Bertz CT molecular complexity index is 875. The quantitative estimate of drug-likeness (QED) is 0.411. The number of benzene rings is 2. The van der Waals surface area contributed by atoms with Crippen molar-refractivity contribution in [3.63, 3.8) is 0 Å². The van der Waals surface area contributed by atoms with E-state index < -0.39 is 0 Å². The molecule has 0 bridgehead atoms. The second kappa shape index (κ2) is 7.72. The molecule has 3 aromatic rings. The first-order chi connectivity index (χ1) is 12.2. The molecule has 0 unspecified atom stereocenters. The molecule has 2 aromatic carbocycles. The van der Waals surface area contributed by atoms with E-state index in [2.05, 4.69) is 10.1 Å². The summed E-state index contributed by atoms with van der Waals surface area (Å²) >= 11 is 5.96. The van der Waals surface area contributed by atoms with E-state index in [4.69, 9.17) is 31.3 Å². The van der Waals surface area contributed by atoms with E-state index in [0.29, 0.717) is 16.6 Å². The van der Waals surface area contributed by atoms with Crippen LogP contribution < -0.4 is 10.5 Å². The average molecular weight is 358 g/mol. The molecule has 7 heteroatoms. The van der Waals surface area contributed by atoms with Crippen molar-refractivity contribution in [3.8, 4) is 17.2 Å². The van der Waals surface area contributed by atoms with Gasteiger partial charge in [0.25, 0.3) is 0 Å². The summed E-state index contributed by atoms with van der Waals surface area (Å²) < 4.78 is 10.5. The number of nitrogens with zero attached hydrogens (tertiary/aromatic N) is 2. The Morgan fingerprint density at radius 2 is 2.04 bits per heavy atom. The van der Waals surface area contributed by atoms with Crippen molar-refractivity contribution in [3.05, 3.63) is 71.1 Å². The Kier molecular flexibility index (Phi) is 5.20. The second-order valence-corrected chi connectivity index (χ2v) is 5.57. The van der Waals surface area contributed by atoms with Crippen molar-refractivity contribution in [2.45, 2.75) is 6.61 Å². The van der Waals surface area contributed by atoms with Crippen molar-refractivity contribution >= 4 is 17.4 Å². The van der Waals surface area contributed by atoms with E-state index in [0.717, 1.165) is 16.9 Å². The number of ether oxygens (including phenoxy) is 1. The molecule has 1 heterocycles. The molecule has 0 aliphatic carbocycles. The fourth-order valence-electron chi connectivity index (χ4n) is 2.11. The molecule has 0 radical (unpaired) electrons. The molecule has 0 aliphatic heterocycles. The summed E-state index contributed by atoms with van der Waals surface area (Å²) in [6.45, 7) is 0.140. The van der Waals surface area contributed by atoms with Crippen LogP contribution in [0.4, 0.5) is 0 Å².